The van der Waals surface area contributed by atoms with Crippen molar-refractivity contribution in [1.29, 1.82) is 0 Å². The van der Waals surface area contributed by atoms with E-state index in [2.05, 4.69) is 17.0 Å². The number of rotatable bonds is 6. The van der Waals surface area contributed by atoms with Crippen LogP contribution in [0.15, 0.2) is 72.1 Å². The zero-order valence-corrected chi connectivity index (χ0v) is 18.7. The monoisotopic (exact) mass is 432 g/mol. The van der Waals surface area contributed by atoms with E-state index >= 15 is 0 Å². The van der Waals surface area contributed by atoms with Crippen molar-refractivity contribution in [3.05, 3.63) is 88.8 Å². The topological polar surface area (TPSA) is 59.1 Å². The molecule has 0 saturated heterocycles. The minimum absolute atomic E-state index is 0.0177. The third-order valence-electron chi connectivity index (χ3n) is 6.19. The van der Waals surface area contributed by atoms with Gasteiger partial charge in [-0.25, -0.2) is 4.79 Å². The van der Waals surface area contributed by atoms with E-state index in [1.54, 1.807) is 7.11 Å². The highest BCUT2D eigenvalue weighted by atomic mass is 16.5. The van der Waals surface area contributed by atoms with Crippen LogP contribution in [-0.4, -0.2) is 49.0 Å². The maximum atomic E-state index is 13.1. The van der Waals surface area contributed by atoms with Gasteiger partial charge in [0, 0.05) is 43.0 Å². The molecule has 1 unspecified atom stereocenters. The van der Waals surface area contributed by atoms with Gasteiger partial charge in [0.1, 0.15) is 5.75 Å². The molecule has 0 aromatic heterocycles. The lowest BCUT2D eigenvalue weighted by molar-refractivity contribution is -0.136. The minimum Gasteiger partial charge on any atom is -0.497 e. The summed E-state index contributed by atoms with van der Waals surface area (Å²) in [5.74, 6) is 0.156. The van der Waals surface area contributed by atoms with Crippen molar-refractivity contribution in [2.45, 2.75) is 19.9 Å². The van der Waals surface area contributed by atoms with Crippen molar-refractivity contribution in [2.24, 2.45) is 5.92 Å². The van der Waals surface area contributed by atoms with Crippen LogP contribution in [0.4, 0.5) is 0 Å². The Morgan fingerprint density at radius 3 is 2.62 bits per heavy atom. The lowest BCUT2D eigenvalue weighted by atomic mass is 9.91. The lowest BCUT2D eigenvalue weighted by Crippen LogP contribution is -2.42. The number of carbonyl (C=O) groups excluding carboxylic acids is 2. The highest BCUT2D eigenvalue weighted by Gasteiger charge is 2.32. The highest BCUT2D eigenvalue weighted by molar-refractivity contribution is 5.97. The van der Waals surface area contributed by atoms with E-state index in [-0.39, 0.29) is 17.8 Å². The van der Waals surface area contributed by atoms with Crippen LogP contribution in [-0.2, 0) is 22.5 Å². The number of hydrogen-bond donors (Lipinski definition) is 0. The second-order valence-electron chi connectivity index (χ2n) is 8.08. The molecule has 0 saturated carbocycles. The Balaban J connectivity index is 1.56. The molecule has 1 amide bonds. The van der Waals surface area contributed by atoms with E-state index < -0.39 is 0 Å². The van der Waals surface area contributed by atoms with Crippen LogP contribution in [0.2, 0.25) is 0 Å². The summed E-state index contributed by atoms with van der Waals surface area (Å²) in [7, 11) is 3.02. The van der Waals surface area contributed by atoms with E-state index in [4.69, 9.17) is 9.47 Å². The van der Waals surface area contributed by atoms with Crippen molar-refractivity contribution >= 4 is 11.9 Å². The summed E-state index contributed by atoms with van der Waals surface area (Å²) in [5.41, 5.74) is 4.29. The molecule has 0 radical (unpaired) electrons. The van der Waals surface area contributed by atoms with Crippen LogP contribution >= 0.6 is 0 Å². The molecule has 2 heterocycles. The van der Waals surface area contributed by atoms with Gasteiger partial charge < -0.3 is 19.3 Å². The molecule has 2 aliphatic rings. The number of ether oxygens (including phenoxy) is 2. The molecule has 0 N–H and O–H groups in total. The number of fused-ring (bicyclic) bond motifs is 1. The Bertz CT molecular complexity index is 1070. The molecule has 0 spiro atoms. The molecule has 4 rings (SSSR count). The van der Waals surface area contributed by atoms with E-state index in [0.29, 0.717) is 30.8 Å². The molecule has 2 aliphatic heterocycles. The molecular formula is C26H28N2O4. The van der Waals surface area contributed by atoms with Gasteiger partial charge in [-0.1, -0.05) is 36.4 Å². The minimum atomic E-state index is -0.357. The first kappa shape index (κ1) is 21.7. The Hall–Kier alpha value is -3.54. The first-order valence-electron chi connectivity index (χ1n) is 10.8. The standard InChI is InChI=1S/C26H28N2O4/c1-18-24(26(30)32-3)21(12-13-27(18)16-19-7-5-4-6-8-19)17-28-14-11-20-15-22(31-2)9-10-23(20)25(28)29/h4-10,12-13,15,21H,11,14,16-17H2,1-3H3. The number of amides is 1. The van der Waals surface area contributed by atoms with E-state index in [0.717, 1.165) is 29.0 Å². The van der Waals surface area contributed by atoms with Crippen molar-refractivity contribution < 1.29 is 19.1 Å². The van der Waals surface area contributed by atoms with Gasteiger partial charge in [-0.05, 0) is 42.7 Å². The summed E-state index contributed by atoms with van der Waals surface area (Å²) in [6.45, 7) is 3.63. The van der Waals surface area contributed by atoms with Crippen molar-refractivity contribution in [3.8, 4) is 5.75 Å². The first-order chi connectivity index (χ1) is 15.5. The Labute approximate surface area is 188 Å². The third kappa shape index (κ3) is 4.26. The zero-order valence-electron chi connectivity index (χ0n) is 18.7. The summed E-state index contributed by atoms with van der Waals surface area (Å²) in [5, 5.41) is 0. The van der Waals surface area contributed by atoms with Crippen LogP contribution in [0, 0.1) is 5.92 Å². The fourth-order valence-corrected chi connectivity index (χ4v) is 4.40. The predicted octanol–water partition coefficient (Wildman–Crippen LogP) is 3.79. The zero-order chi connectivity index (χ0) is 22.7. The molecule has 6 heteroatoms. The van der Waals surface area contributed by atoms with Gasteiger partial charge in [0.25, 0.3) is 5.91 Å². The van der Waals surface area contributed by atoms with Crippen LogP contribution in [0.3, 0.4) is 0 Å². The molecule has 6 nitrogen and oxygen atoms in total. The molecule has 0 aliphatic carbocycles. The van der Waals surface area contributed by atoms with Gasteiger partial charge in [0.05, 0.1) is 19.8 Å². The summed E-state index contributed by atoms with van der Waals surface area (Å²) >= 11 is 0. The predicted molar refractivity (Wildman–Crippen MR) is 122 cm³/mol. The average Bonchev–Trinajstić information content (AvgIpc) is 2.82. The maximum Gasteiger partial charge on any atom is 0.336 e. The van der Waals surface area contributed by atoms with E-state index in [1.807, 2.05) is 60.5 Å². The van der Waals surface area contributed by atoms with Gasteiger partial charge in [-0.3, -0.25) is 4.79 Å². The number of carbonyl (C=O) groups is 2. The number of hydrogen-bond acceptors (Lipinski definition) is 5. The third-order valence-corrected chi connectivity index (χ3v) is 6.19. The summed E-state index contributed by atoms with van der Waals surface area (Å²) in [4.78, 5) is 29.7. The van der Waals surface area contributed by atoms with Gasteiger partial charge >= 0.3 is 5.97 Å². The van der Waals surface area contributed by atoms with Crippen LogP contribution in [0.25, 0.3) is 0 Å². The molecule has 1 atom stereocenters. The maximum absolute atomic E-state index is 13.1. The SMILES string of the molecule is COC(=O)C1=C(C)N(Cc2ccccc2)C=CC1CN1CCc2cc(OC)ccc2C1=O. The van der Waals surface area contributed by atoms with Crippen molar-refractivity contribution in [2.75, 3.05) is 27.3 Å². The van der Waals surface area contributed by atoms with Crippen LogP contribution in [0.5, 0.6) is 5.75 Å². The summed E-state index contributed by atoms with van der Waals surface area (Å²) in [6.07, 6.45) is 4.76. The Kier molecular flexibility index (Phi) is 6.30. The Morgan fingerprint density at radius 1 is 1.12 bits per heavy atom. The number of esters is 1. The smallest absolute Gasteiger partial charge is 0.336 e. The first-order valence-corrected chi connectivity index (χ1v) is 10.8. The number of methoxy groups -OCH3 is 2. The molecular weight excluding hydrogens is 404 g/mol. The molecule has 0 bridgehead atoms. The number of allylic oxidation sites excluding steroid dienone is 1. The average molecular weight is 433 g/mol. The van der Waals surface area contributed by atoms with Gasteiger partial charge in [-0.2, -0.15) is 0 Å². The summed E-state index contributed by atoms with van der Waals surface area (Å²) < 4.78 is 10.4. The second kappa shape index (κ2) is 9.30. The molecule has 32 heavy (non-hydrogen) atoms. The summed E-state index contributed by atoms with van der Waals surface area (Å²) in [6, 6.07) is 15.7. The fraction of sp³-hybridized carbons (Fsp3) is 0.308. The van der Waals surface area contributed by atoms with E-state index in [1.165, 1.54) is 7.11 Å². The van der Waals surface area contributed by atoms with Crippen molar-refractivity contribution in [1.82, 2.24) is 9.80 Å². The molecule has 166 valence electrons. The van der Waals surface area contributed by atoms with Gasteiger partial charge in [0.2, 0.25) is 0 Å². The van der Waals surface area contributed by atoms with Crippen molar-refractivity contribution in [3.63, 3.8) is 0 Å². The van der Waals surface area contributed by atoms with E-state index in [9.17, 15) is 9.59 Å². The number of nitrogens with zero attached hydrogens (tertiary/aromatic N) is 2. The van der Waals surface area contributed by atoms with Crippen LogP contribution < -0.4 is 4.74 Å². The largest absolute Gasteiger partial charge is 0.497 e. The molecule has 0 fully saturated rings. The number of benzene rings is 2. The second-order valence-corrected chi connectivity index (χ2v) is 8.08. The highest BCUT2D eigenvalue weighted by Crippen LogP contribution is 2.31. The Morgan fingerprint density at radius 2 is 1.91 bits per heavy atom. The fourth-order valence-electron chi connectivity index (χ4n) is 4.40. The quantitative estimate of drug-likeness (QED) is 0.650. The van der Waals surface area contributed by atoms with Crippen LogP contribution in [0.1, 0.15) is 28.4 Å². The van der Waals surface area contributed by atoms with Gasteiger partial charge in [-0.15, -0.1) is 0 Å². The normalized spacial score (nSPS) is 18.0. The lowest BCUT2D eigenvalue weighted by Gasteiger charge is -2.35. The van der Waals surface area contributed by atoms with Gasteiger partial charge in [0.15, 0.2) is 0 Å². The molecule has 2 aromatic carbocycles. The molecule has 2 aromatic rings.